The lowest BCUT2D eigenvalue weighted by Gasteiger charge is -2.34. The minimum Gasteiger partial charge on any atom is -0.349 e. The van der Waals surface area contributed by atoms with Crippen LogP contribution in [0.2, 0.25) is 0 Å². The first-order valence-electron chi connectivity index (χ1n) is 8.72. The fourth-order valence-corrected chi connectivity index (χ4v) is 3.73. The molecule has 1 heterocycles. The number of benzene rings is 1. The predicted molar refractivity (Wildman–Crippen MR) is 89.9 cm³/mol. The minimum atomic E-state index is -0.263. The molecular formula is C19H28N2O. The van der Waals surface area contributed by atoms with Gasteiger partial charge in [0, 0.05) is 6.54 Å². The number of piperidine rings is 1. The Labute approximate surface area is 133 Å². The Hall–Kier alpha value is -1.35. The molecule has 0 spiro atoms. The van der Waals surface area contributed by atoms with Gasteiger partial charge in [0.05, 0.1) is 11.5 Å². The van der Waals surface area contributed by atoms with Gasteiger partial charge in [-0.2, -0.15) is 0 Å². The molecule has 0 bridgehead atoms. The monoisotopic (exact) mass is 300 g/mol. The maximum Gasteiger partial charge on any atom is 0.227 e. The van der Waals surface area contributed by atoms with Crippen molar-refractivity contribution in [3.8, 4) is 0 Å². The van der Waals surface area contributed by atoms with Gasteiger partial charge in [0.25, 0.3) is 0 Å². The van der Waals surface area contributed by atoms with Crippen molar-refractivity contribution in [1.29, 1.82) is 0 Å². The van der Waals surface area contributed by atoms with Gasteiger partial charge in [-0.3, -0.25) is 4.79 Å². The predicted octanol–water partition coefficient (Wildman–Crippen LogP) is 3.13. The Morgan fingerprint density at radius 3 is 2.73 bits per heavy atom. The van der Waals surface area contributed by atoms with E-state index in [0.29, 0.717) is 0 Å². The minimum absolute atomic E-state index is 0.0819. The van der Waals surface area contributed by atoms with Crippen LogP contribution in [-0.2, 0) is 17.6 Å². The summed E-state index contributed by atoms with van der Waals surface area (Å²) in [5.74, 6) is 0.185. The molecular weight excluding hydrogens is 272 g/mol. The largest absolute Gasteiger partial charge is 0.349 e. The molecule has 22 heavy (non-hydrogen) atoms. The fraction of sp³-hybridized carbons (Fsp3) is 0.632. The third-order valence-electron chi connectivity index (χ3n) is 5.37. The molecule has 3 rings (SSSR count). The lowest BCUT2D eigenvalue weighted by molar-refractivity contribution is -0.131. The number of fused-ring (bicyclic) bond motifs is 1. The van der Waals surface area contributed by atoms with Gasteiger partial charge in [-0.1, -0.05) is 18.2 Å². The highest BCUT2D eigenvalue weighted by atomic mass is 16.2. The summed E-state index contributed by atoms with van der Waals surface area (Å²) in [7, 11) is 0. The van der Waals surface area contributed by atoms with E-state index in [-0.39, 0.29) is 17.4 Å². The zero-order chi connectivity index (χ0) is 15.6. The average Bonchev–Trinajstić information content (AvgIpc) is 2.55. The first kappa shape index (κ1) is 15.5. The molecule has 0 aromatic heterocycles. The Balaban J connectivity index is 1.68. The highest BCUT2D eigenvalue weighted by molar-refractivity contribution is 5.83. The quantitative estimate of drug-likeness (QED) is 0.900. The number of hydrogen-bond acceptors (Lipinski definition) is 2. The Morgan fingerprint density at radius 1 is 1.23 bits per heavy atom. The lowest BCUT2D eigenvalue weighted by atomic mass is 9.81. The van der Waals surface area contributed by atoms with E-state index in [1.54, 1.807) is 0 Å². The van der Waals surface area contributed by atoms with Crippen LogP contribution in [0.4, 0.5) is 0 Å². The maximum atomic E-state index is 12.6. The molecule has 3 nitrogen and oxygen atoms in total. The number of nitrogens with one attached hydrogen (secondary N) is 2. The third-order valence-corrected chi connectivity index (χ3v) is 5.37. The van der Waals surface area contributed by atoms with Gasteiger partial charge in [-0.15, -0.1) is 0 Å². The second-order valence-electron chi connectivity index (χ2n) is 7.27. The van der Waals surface area contributed by atoms with E-state index in [1.807, 2.05) is 0 Å². The number of hydrogen-bond donors (Lipinski definition) is 2. The zero-order valence-corrected chi connectivity index (χ0v) is 13.9. The molecule has 1 saturated heterocycles. The molecule has 3 heteroatoms. The number of amides is 1. The van der Waals surface area contributed by atoms with Crippen molar-refractivity contribution in [2.24, 2.45) is 5.41 Å². The van der Waals surface area contributed by atoms with Crippen LogP contribution in [0, 0.1) is 5.41 Å². The number of carbonyl (C=O) groups is 1. The standard InChI is InChI=1S/C19H28N2O/c1-14(21-18(22)19(2)10-5-11-20-13-19)16-9-8-15-6-3-4-7-17(15)12-16/h8-9,12,14,20H,3-7,10-11,13H2,1-2H3,(H,21,22). The van der Waals surface area contributed by atoms with E-state index in [4.69, 9.17) is 0 Å². The van der Waals surface area contributed by atoms with Crippen LogP contribution >= 0.6 is 0 Å². The van der Waals surface area contributed by atoms with Crippen molar-refractivity contribution < 1.29 is 4.79 Å². The highest BCUT2D eigenvalue weighted by Crippen LogP contribution is 2.28. The van der Waals surface area contributed by atoms with Crippen molar-refractivity contribution in [2.45, 2.75) is 58.4 Å². The van der Waals surface area contributed by atoms with E-state index < -0.39 is 0 Å². The van der Waals surface area contributed by atoms with Crippen LogP contribution in [0.15, 0.2) is 18.2 Å². The van der Waals surface area contributed by atoms with E-state index in [1.165, 1.54) is 42.4 Å². The molecule has 1 aromatic carbocycles. The van der Waals surface area contributed by atoms with Crippen LogP contribution in [0.1, 0.15) is 62.3 Å². The summed E-state index contributed by atoms with van der Waals surface area (Å²) in [5.41, 5.74) is 3.95. The molecule has 0 radical (unpaired) electrons. The summed E-state index contributed by atoms with van der Waals surface area (Å²) in [4.78, 5) is 12.6. The van der Waals surface area contributed by atoms with E-state index in [9.17, 15) is 4.79 Å². The highest BCUT2D eigenvalue weighted by Gasteiger charge is 2.35. The van der Waals surface area contributed by atoms with Crippen molar-refractivity contribution >= 4 is 5.91 Å². The lowest BCUT2D eigenvalue weighted by Crippen LogP contribution is -2.49. The molecule has 1 aliphatic carbocycles. The molecule has 1 aliphatic heterocycles. The fourth-order valence-electron chi connectivity index (χ4n) is 3.73. The van der Waals surface area contributed by atoms with Crippen molar-refractivity contribution in [2.75, 3.05) is 13.1 Å². The molecule has 1 fully saturated rings. The molecule has 120 valence electrons. The zero-order valence-electron chi connectivity index (χ0n) is 13.9. The average molecular weight is 300 g/mol. The van der Waals surface area contributed by atoms with Crippen LogP contribution in [0.25, 0.3) is 0 Å². The number of rotatable bonds is 3. The second kappa shape index (κ2) is 6.41. The molecule has 2 aliphatic rings. The Bertz CT molecular complexity index is 546. The van der Waals surface area contributed by atoms with Crippen LogP contribution in [-0.4, -0.2) is 19.0 Å². The van der Waals surface area contributed by atoms with Gasteiger partial charge in [-0.25, -0.2) is 0 Å². The third kappa shape index (κ3) is 3.19. The van der Waals surface area contributed by atoms with Crippen LogP contribution in [0.5, 0.6) is 0 Å². The van der Waals surface area contributed by atoms with Crippen LogP contribution < -0.4 is 10.6 Å². The molecule has 1 aromatic rings. The van der Waals surface area contributed by atoms with Gasteiger partial charge in [0.1, 0.15) is 0 Å². The second-order valence-corrected chi connectivity index (χ2v) is 7.27. The van der Waals surface area contributed by atoms with Gasteiger partial charge < -0.3 is 10.6 Å². The first-order chi connectivity index (χ1) is 10.6. The first-order valence-corrected chi connectivity index (χ1v) is 8.72. The summed E-state index contributed by atoms with van der Waals surface area (Å²) in [6.45, 7) is 6.00. The number of aryl methyl sites for hydroxylation is 2. The summed E-state index contributed by atoms with van der Waals surface area (Å²) in [5, 5.41) is 6.58. The number of carbonyl (C=O) groups excluding carboxylic acids is 1. The van der Waals surface area contributed by atoms with Crippen molar-refractivity contribution in [3.05, 3.63) is 34.9 Å². The molecule has 1 amide bonds. The molecule has 2 unspecified atom stereocenters. The maximum absolute atomic E-state index is 12.6. The summed E-state index contributed by atoms with van der Waals surface area (Å²) < 4.78 is 0. The normalized spacial score (nSPS) is 26.1. The molecule has 0 saturated carbocycles. The van der Waals surface area contributed by atoms with E-state index >= 15 is 0 Å². The van der Waals surface area contributed by atoms with Crippen LogP contribution in [0.3, 0.4) is 0 Å². The summed E-state index contributed by atoms with van der Waals surface area (Å²) in [6.07, 6.45) is 7.05. The smallest absolute Gasteiger partial charge is 0.227 e. The SMILES string of the molecule is CC(NC(=O)C1(C)CCCNC1)c1ccc2c(c1)CCCC2. The van der Waals surface area contributed by atoms with Gasteiger partial charge in [-0.05, 0) is 75.6 Å². The van der Waals surface area contributed by atoms with Crippen molar-refractivity contribution in [3.63, 3.8) is 0 Å². The van der Waals surface area contributed by atoms with Crippen molar-refractivity contribution in [1.82, 2.24) is 10.6 Å². The molecule has 2 N–H and O–H groups in total. The molecule has 2 atom stereocenters. The Morgan fingerprint density at radius 2 is 2.00 bits per heavy atom. The van der Waals surface area contributed by atoms with E-state index in [0.717, 1.165) is 25.9 Å². The summed E-state index contributed by atoms with van der Waals surface area (Å²) >= 11 is 0. The Kier molecular flexibility index (Phi) is 4.53. The van der Waals surface area contributed by atoms with Gasteiger partial charge in [0.2, 0.25) is 5.91 Å². The van der Waals surface area contributed by atoms with Gasteiger partial charge >= 0.3 is 0 Å². The van der Waals surface area contributed by atoms with E-state index in [2.05, 4.69) is 42.7 Å². The summed E-state index contributed by atoms with van der Waals surface area (Å²) in [6, 6.07) is 6.84. The topological polar surface area (TPSA) is 41.1 Å². The van der Waals surface area contributed by atoms with Gasteiger partial charge in [0.15, 0.2) is 0 Å².